The maximum absolute atomic E-state index is 13.5. The van der Waals surface area contributed by atoms with Gasteiger partial charge in [0.15, 0.2) is 11.5 Å². The highest BCUT2D eigenvalue weighted by atomic mass is 16.5. The molecule has 0 saturated carbocycles. The van der Waals surface area contributed by atoms with Crippen molar-refractivity contribution in [3.63, 3.8) is 0 Å². The van der Waals surface area contributed by atoms with Gasteiger partial charge in [0.25, 0.3) is 5.56 Å². The molecule has 0 bridgehead atoms. The van der Waals surface area contributed by atoms with Crippen LogP contribution in [0.25, 0.3) is 10.9 Å². The van der Waals surface area contributed by atoms with Gasteiger partial charge in [-0.05, 0) is 60.2 Å². The first kappa shape index (κ1) is 25.6. The van der Waals surface area contributed by atoms with E-state index in [1.807, 2.05) is 61.5 Å². The lowest BCUT2D eigenvalue weighted by Crippen LogP contribution is -2.37. The summed E-state index contributed by atoms with van der Waals surface area (Å²) in [5, 5.41) is 3.85. The summed E-state index contributed by atoms with van der Waals surface area (Å²) >= 11 is 0. The van der Waals surface area contributed by atoms with Crippen LogP contribution in [0.1, 0.15) is 16.7 Å². The molecule has 8 nitrogen and oxygen atoms in total. The van der Waals surface area contributed by atoms with Gasteiger partial charge in [0.2, 0.25) is 0 Å². The van der Waals surface area contributed by atoms with Crippen molar-refractivity contribution in [2.24, 2.45) is 0 Å². The molecule has 8 heteroatoms. The minimum Gasteiger partial charge on any atom is -0.495 e. The molecule has 0 unspecified atom stereocenters. The van der Waals surface area contributed by atoms with Gasteiger partial charge in [-0.1, -0.05) is 36.4 Å². The molecule has 0 aliphatic rings. The zero-order valence-electron chi connectivity index (χ0n) is 21.5. The number of hydrogen-bond donors (Lipinski definition) is 2. The summed E-state index contributed by atoms with van der Waals surface area (Å²) < 4.78 is 16.1. The first-order valence-electron chi connectivity index (χ1n) is 11.9. The second kappa shape index (κ2) is 11.5. The van der Waals surface area contributed by atoms with Crippen LogP contribution in [0.15, 0.2) is 71.5 Å². The summed E-state index contributed by atoms with van der Waals surface area (Å²) in [6, 6.07) is 20.2. The zero-order valence-corrected chi connectivity index (χ0v) is 21.5. The predicted octanol–water partition coefficient (Wildman–Crippen LogP) is 5.14. The average molecular weight is 502 g/mol. The van der Waals surface area contributed by atoms with E-state index in [2.05, 4.69) is 10.3 Å². The van der Waals surface area contributed by atoms with Crippen LogP contribution in [0.5, 0.6) is 17.2 Å². The van der Waals surface area contributed by atoms with Crippen LogP contribution in [-0.4, -0.2) is 43.8 Å². The smallest absolute Gasteiger partial charge is 0.322 e. The Morgan fingerprint density at radius 3 is 2.41 bits per heavy atom. The fraction of sp³-hybridized carbons (Fsp3) is 0.241. The number of nitrogens with zero attached hydrogens (tertiary/aromatic N) is 1. The van der Waals surface area contributed by atoms with E-state index in [1.165, 1.54) is 0 Å². The number of carbonyl (C=O) groups excluding carboxylic acids is 1. The van der Waals surface area contributed by atoms with Crippen molar-refractivity contribution >= 4 is 22.6 Å². The molecule has 4 rings (SSSR count). The number of methoxy groups -OCH3 is 3. The van der Waals surface area contributed by atoms with Crippen molar-refractivity contribution in [1.82, 2.24) is 9.88 Å². The fourth-order valence-electron chi connectivity index (χ4n) is 4.25. The van der Waals surface area contributed by atoms with E-state index in [0.717, 1.165) is 22.0 Å². The number of fused-ring (bicyclic) bond motifs is 1. The Morgan fingerprint density at radius 1 is 0.892 bits per heavy atom. The molecular weight excluding hydrogens is 470 g/mol. The molecule has 2 amide bonds. The number of carbonyl (C=O) groups is 1. The van der Waals surface area contributed by atoms with Gasteiger partial charge in [-0.15, -0.1) is 0 Å². The van der Waals surface area contributed by atoms with Crippen LogP contribution in [0, 0.1) is 6.92 Å². The fourth-order valence-corrected chi connectivity index (χ4v) is 4.25. The van der Waals surface area contributed by atoms with Crippen molar-refractivity contribution in [1.29, 1.82) is 0 Å². The third-order valence-electron chi connectivity index (χ3n) is 6.28. The van der Waals surface area contributed by atoms with E-state index in [4.69, 9.17) is 14.2 Å². The van der Waals surface area contributed by atoms with Crippen molar-refractivity contribution < 1.29 is 19.0 Å². The molecule has 0 saturated heterocycles. The molecule has 3 aromatic carbocycles. The predicted molar refractivity (Wildman–Crippen MR) is 145 cm³/mol. The quantitative estimate of drug-likeness (QED) is 0.331. The number of para-hydroxylation sites is 3. The van der Waals surface area contributed by atoms with Gasteiger partial charge in [0, 0.05) is 12.1 Å². The molecule has 0 fully saturated rings. The highest BCUT2D eigenvalue weighted by Crippen LogP contribution is 2.28. The van der Waals surface area contributed by atoms with Gasteiger partial charge in [-0.3, -0.25) is 4.79 Å². The number of urea groups is 1. The lowest BCUT2D eigenvalue weighted by Gasteiger charge is -2.24. The number of amides is 2. The minimum absolute atomic E-state index is 0.132. The number of hydrogen-bond acceptors (Lipinski definition) is 5. The zero-order chi connectivity index (χ0) is 26.4. The molecule has 0 radical (unpaired) electrons. The van der Waals surface area contributed by atoms with Crippen LogP contribution in [0.3, 0.4) is 0 Å². The summed E-state index contributed by atoms with van der Waals surface area (Å²) in [5.74, 6) is 1.80. The highest BCUT2D eigenvalue weighted by molar-refractivity contribution is 5.91. The van der Waals surface area contributed by atoms with E-state index >= 15 is 0 Å². The summed E-state index contributed by atoms with van der Waals surface area (Å²) in [6.45, 7) is 2.45. The molecule has 37 heavy (non-hydrogen) atoms. The van der Waals surface area contributed by atoms with Crippen LogP contribution < -0.4 is 25.1 Å². The standard InChI is InChI=1S/C29H31N3O5/c1-19-8-7-9-21-17-22(28(33)31-27(19)21)18-32(29(34)30-23-10-5-6-11-24(23)35-2)15-14-20-12-13-25(36-3)26(16-20)37-4/h5-13,16-17H,14-15,18H2,1-4H3,(H,30,34)(H,31,33). The molecule has 1 heterocycles. The summed E-state index contributed by atoms with van der Waals surface area (Å²) in [7, 11) is 4.73. The van der Waals surface area contributed by atoms with Crippen molar-refractivity contribution in [3.05, 3.63) is 93.8 Å². The van der Waals surface area contributed by atoms with E-state index in [9.17, 15) is 9.59 Å². The van der Waals surface area contributed by atoms with Crippen LogP contribution in [0.4, 0.5) is 10.5 Å². The Balaban J connectivity index is 1.63. The van der Waals surface area contributed by atoms with Crippen molar-refractivity contribution in [3.8, 4) is 17.2 Å². The first-order chi connectivity index (χ1) is 17.9. The third-order valence-corrected chi connectivity index (χ3v) is 6.28. The maximum Gasteiger partial charge on any atom is 0.322 e. The topological polar surface area (TPSA) is 92.9 Å². The number of pyridine rings is 1. The molecule has 0 spiro atoms. The number of benzene rings is 3. The van der Waals surface area contributed by atoms with Crippen molar-refractivity contribution in [2.75, 3.05) is 33.2 Å². The van der Waals surface area contributed by atoms with E-state index < -0.39 is 0 Å². The first-order valence-corrected chi connectivity index (χ1v) is 11.9. The van der Waals surface area contributed by atoms with Crippen molar-refractivity contribution in [2.45, 2.75) is 19.9 Å². The summed E-state index contributed by atoms with van der Waals surface area (Å²) in [4.78, 5) is 31.0. The van der Waals surface area contributed by atoms with Crippen LogP contribution in [-0.2, 0) is 13.0 Å². The third kappa shape index (κ3) is 5.86. The van der Waals surface area contributed by atoms with Crippen LogP contribution in [0.2, 0.25) is 0 Å². The number of H-pyrrole nitrogens is 1. The minimum atomic E-state index is -0.339. The maximum atomic E-state index is 13.5. The lowest BCUT2D eigenvalue weighted by molar-refractivity contribution is 0.209. The Kier molecular flexibility index (Phi) is 7.98. The van der Waals surface area contributed by atoms with E-state index in [1.54, 1.807) is 38.4 Å². The number of rotatable bonds is 9. The monoisotopic (exact) mass is 501 g/mol. The molecule has 192 valence electrons. The molecule has 1 aromatic heterocycles. The number of aryl methyl sites for hydroxylation is 1. The Morgan fingerprint density at radius 2 is 1.65 bits per heavy atom. The SMILES string of the molecule is COc1ccccc1NC(=O)N(CCc1ccc(OC)c(OC)c1)Cc1cc2cccc(C)c2[nH]c1=O. The van der Waals surface area contributed by atoms with Gasteiger partial charge < -0.3 is 29.4 Å². The Bertz CT molecular complexity index is 1460. The molecule has 0 atom stereocenters. The number of nitrogens with one attached hydrogen (secondary N) is 2. The van der Waals surface area contributed by atoms with Gasteiger partial charge >= 0.3 is 6.03 Å². The molecule has 0 aliphatic heterocycles. The largest absolute Gasteiger partial charge is 0.495 e. The van der Waals surface area contributed by atoms with Crippen LogP contribution >= 0.6 is 0 Å². The Labute approximate surface area is 215 Å². The molecular formula is C29H31N3O5. The Hall–Kier alpha value is -4.46. The number of anilines is 1. The second-order valence-electron chi connectivity index (χ2n) is 8.65. The average Bonchev–Trinajstić information content (AvgIpc) is 2.91. The lowest BCUT2D eigenvalue weighted by atomic mass is 10.1. The second-order valence-corrected chi connectivity index (χ2v) is 8.65. The van der Waals surface area contributed by atoms with Gasteiger partial charge in [0.1, 0.15) is 5.75 Å². The summed E-state index contributed by atoms with van der Waals surface area (Å²) in [5.41, 5.74) is 3.58. The molecule has 2 N–H and O–H groups in total. The normalized spacial score (nSPS) is 10.7. The van der Waals surface area contributed by atoms with Gasteiger partial charge in [-0.2, -0.15) is 0 Å². The van der Waals surface area contributed by atoms with E-state index in [0.29, 0.717) is 41.5 Å². The number of aromatic amines is 1. The summed E-state index contributed by atoms with van der Waals surface area (Å²) in [6.07, 6.45) is 0.546. The van der Waals surface area contributed by atoms with Gasteiger partial charge in [-0.25, -0.2) is 4.79 Å². The highest BCUT2D eigenvalue weighted by Gasteiger charge is 2.18. The number of ether oxygens (including phenoxy) is 3. The molecule has 4 aromatic rings. The van der Waals surface area contributed by atoms with E-state index in [-0.39, 0.29) is 18.1 Å². The van der Waals surface area contributed by atoms with Gasteiger partial charge in [0.05, 0.1) is 39.1 Å². The molecule has 0 aliphatic carbocycles. The number of aromatic nitrogens is 1.